The van der Waals surface area contributed by atoms with Gasteiger partial charge >= 0.3 is 0 Å². The first kappa shape index (κ1) is 27.2. The second kappa shape index (κ2) is 10.9. The van der Waals surface area contributed by atoms with Crippen molar-refractivity contribution in [2.45, 2.75) is 64.9 Å². The van der Waals surface area contributed by atoms with E-state index in [9.17, 15) is 13.2 Å². The maximum Gasteiger partial charge on any atom is 0.243 e. The van der Waals surface area contributed by atoms with Gasteiger partial charge in [0.05, 0.1) is 4.90 Å². The molecule has 0 bridgehead atoms. The molecule has 0 unspecified atom stereocenters. The Morgan fingerprint density at radius 3 is 2.33 bits per heavy atom. The smallest absolute Gasteiger partial charge is 0.243 e. The van der Waals surface area contributed by atoms with Crippen LogP contribution in [-0.4, -0.2) is 38.8 Å². The van der Waals surface area contributed by atoms with E-state index in [1.807, 2.05) is 71.8 Å². The van der Waals surface area contributed by atoms with Gasteiger partial charge in [0.15, 0.2) is 0 Å². The molecule has 6 nitrogen and oxygen atoms in total. The van der Waals surface area contributed by atoms with Crippen LogP contribution in [0.3, 0.4) is 0 Å². The van der Waals surface area contributed by atoms with E-state index in [2.05, 4.69) is 5.32 Å². The van der Waals surface area contributed by atoms with Gasteiger partial charge in [-0.3, -0.25) is 4.79 Å². The lowest BCUT2D eigenvalue weighted by Crippen LogP contribution is -2.38. The number of nitrogens with one attached hydrogen (secondary N) is 1. The molecule has 0 saturated heterocycles. The van der Waals surface area contributed by atoms with Crippen LogP contribution in [0.2, 0.25) is 5.02 Å². The van der Waals surface area contributed by atoms with Gasteiger partial charge in [0.25, 0.3) is 0 Å². The molecule has 2 aromatic rings. The molecule has 2 rings (SSSR count). The van der Waals surface area contributed by atoms with Crippen molar-refractivity contribution in [3.8, 4) is 0 Å². The number of carbonyl (C=O) groups excluding carboxylic acids is 1. The molecule has 8 heteroatoms. The highest BCUT2D eigenvalue weighted by atomic mass is 35.5. The number of amides is 1. The monoisotopic (exact) mass is 493 g/mol. The quantitative estimate of drug-likeness (QED) is 0.481. The summed E-state index contributed by atoms with van der Waals surface area (Å²) in [6, 6.07) is 11.7. The number of hydrogen-bond acceptors (Lipinski definition) is 4. The van der Waals surface area contributed by atoms with Crippen molar-refractivity contribution in [1.82, 2.24) is 4.31 Å². The average molecular weight is 494 g/mol. The molecule has 1 N–H and O–H groups in total. The summed E-state index contributed by atoms with van der Waals surface area (Å²) in [6.45, 7) is 10.1. The van der Waals surface area contributed by atoms with Gasteiger partial charge in [-0.1, -0.05) is 45.4 Å². The van der Waals surface area contributed by atoms with Crippen molar-refractivity contribution in [3.05, 3.63) is 53.1 Å². The van der Waals surface area contributed by atoms with Crippen LogP contribution in [0.1, 0.15) is 53.0 Å². The Bertz CT molecular complexity index is 1080. The highest BCUT2D eigenvalue weighted by Crippen LogP contribution is 2.30. The Morgan fingerprint density at radius 1 is 1.12 bits per heavy atom. The summed E-state index contributed by atoms with van der Waals surface area (Å²) in [5, 5.41) is 3.33. The van der Waals surface area contributed by atoms with Crippen LogP contribution in [0.4, 0.5) is 11.4 Å². The molecule has 0 aliphatic rings. The summed E-state index contributed by atoms with van der Waals surface area (Å²) in [7, 11) is 0.0324. The number of rotatable bonds is 9. The topological polar surface area (TPSA) is 69.7 Å². The van der Waals surface area contributed by atoms with Crippen LogP contribution in [0, 0.1) is 5.41 Å². The van der Waals surface area contributed by atoms with Crippen LogP contribution in [0.5, 0.6) is 0 Å². The zero-order valence-corrected chi connectivity index (χ0v) is 22.2. The molecule has 0 radical (unpaired) electrons. The maximum absolute atomic E-state index is 13.6. The highest BCUT2D eigenvalue weighted by molar-refractivity contribution is 7.89. The van der Waals surface area contributed by atoms with Gasteiger partial charge in [-0.15, -0.1) is 0 Å². The number of halogens is 1. The van der Waals surface area contributed by atoms with Crippen LogP contribution in [0.15, 0.2) is 47.4 Å². The molecule has 0 saturated carbocycles. The molecule has 0 aliphatic heterocycles. The Labute approximate surface area is 204 Å². The minimum absolute atomic E-state index is 0.0728. The maximum atomic E-state index is 13.6. The lowest BCUT2D eigenvalue weighted by molar-refractivity contribution is -0.117. The van der Waals surface area contributed by atoms with Crippen molar-refractivity contribution in [3.63, 3.8) is 0 Å². The van der Waals surface area contributed by atoms with Crippen molar-refractivity contribution >= 4 is 38.9 Å². The zero-order chi connectivity index (χ0) is 25.0. The van der Waals surface area contributed by atoms with E-state index < -0.39 is 10.0 Å². The van der Waals surface area contributed by atoms with Crippen molar-refractivity contribution in [1.29, 1.82) is 0 Å². The van der Waals surface area contributed by atoms with E-state index >= 15 is 0 Å². The summed E-state index contributed by atoms with van der Waals surface area (Å²) < 4.78 is 28.6. The Morgan fingerprint density at radius 2 is 1.79 bits per heavy atom. The molecule has 0 spiro atoms. The van der Waals surface area contributed by atoms with E-state index in [1.54, 1.807) is 18.2 Å². The fourth-order valence-corrected chi connectivity index (χ4v) is 5.51. The first-order chi connectivity index (χ1) is 15.2. The van der Waals surface area contributed by atoms with E-state index in [1.165, 1.54) is 10.4 Å². The van der Waals surface area contributed by atoms with Gasteiger partial charge < -0.3 is 10.2 Å². The molecule has 1 atom stereocenters. The molecular formula is C25H36ClN3O3S. The number of anilines is 2. The highest BCUT2D eigenvalue weighted by Gasteiger charge is 2.30. The van der Waals surface area contributed by atoms with Gasteiger partial charge in [0, 0.05) is 49.5 Å². The second-order valence-corrected chi connectivity index (χ2v) is 12.1. The number of sulfonamides is 1. The molecule has 0 heterocycles. The van der Waals surface area contributed by atoms with Crippen molar-refractivity contribution in [2.75, 3.05) is 24.3 Å². The summed E-state index contributed by atoms with van der Waals surface area (Å²) >= 11 is 6.08. The molecule has 0 fully saturated rings. The molecule has 0 aromatic heterocycles. The SMILES string of the molecule is CC[C@H](C)N(Cc1cc(NC(=O)CC(C)(C)C)ccc1N(C)C)S(=O)(=O)c1cccc(Cl)c1. The lowest BCUT2D eigenvalue weighted by Gasteiger charge is -2.30. The first-order valence-electron chi connectivity index (χ1n) is 11.1. The third kappa shape index (κ3) is 7.45. The van der Waals surface area contributed by atoms with Gasteiger partial charge in [0.2, 0.25) is 15.9 Å². The molecular weight excluding hydrogens is 458 g/mol. The van der Waals surface area contributed by atoms with E-state index in [0.717, 1.165) is 11.3 Å². The third-order valence-electron chi connectivity index (χ3n) is 5.35. The number of benzene rings is 2. The second-order valence-electron chi connectivity index (χ2n) is 9.79. The first-order valence-corrected chi connectivity index (χ1v) is 12.9. The predicted molar refractivity (Wildman–Crippen MR) is 137 cm³/mol. The normalized spacial score (nSPS) is 13.1. The summed E-state index contributed by atoms with van der Waals surface area (Å²) in [4.78, 5) is 14.6. The summed E-state index contributed by atoms with van der Waals surface area (Å²) in [5.74, 6) is -0.0728. The summed E-state index contributed by atoms with van der Waals surface area (Å²) in [6.07, 6.45) is 1.04. The average Bonchev–Trinajstić information content (AvgIpc) is 2.69. The molecule has 0 aliphatic carbocycles. The fourth-order valence-electron chi connectivity index (χ4n) is 3.53. The van der Waals surface area contributed by atoms with Gasteiger partial charge in [0.1, 0.15) is 0 Å². The predicted octanol–water partition coefficient (Wildman–Crippen LogP) is 5.77. The molecule has 2 aromatic carbocycles. The van der Waals surface area contributed by atoms with Gasteiger partial charge in [-0.2, -0.15) is 4.31 Å². The van der Waals surface area contributed by atoms with Crippen LogP contribution in [0.25, 0.3) is 0 Å². The minimum Gasteiger partial charge on any atom is -0.377 e. The van der Waals surface area contributed by atoms with E-state index in [-0.39, 0.29) is 28.8 Å². The molecule has 182 valence electrons. The van der Waals surface area contributed by atoms with Gasteiger partial charge in [-0.05, 0) is 60.7 Å². The third-order valence-corrected chi connectivity index (χ3v) is 7.54. The van der Waals surface area contributed by atoms with Crippen LogP contribution in [-0.2, 0) is 21.4 Å². The summed E-state index contributed by atoms with van der Waals surface area (Å²) in [5.41, 5.74) is 2.21. The largest absolute Gasteiger partial charge is 0.377 e. The standard InChI is InChI=1S/C25H36ClN3O3S/c1-8-18(2)29(33(31,32)22-11-9-10-20(26)15-22)17-19-14-21(12-13-23(19)28(6)7)27-24(30)16-25(3,4)5/h9-15,18H,8,16-17H2,1-7H3,(H,27,30)/t18-/m0/s1. The number of hydrogen-bond donors (Lipinski definition) is 1. The molecule has 33 heavy (non-hydrogen) atoms. The fraction of sp³-hybridized carbons (Fsp3) is 0.480. The van der Waals surface area contributed by atoms with E-state index in [0.29, 0.717) is 23.6 Å². The number of carbonyl (C=O) groups is 1. The van der Waals surface area contributed by atoms with Gasteiger partial charge in [-0.25, -0.2) is 8.42 Å². The van der Waals surface area contributed by atoms with E-state index in [4.69, 9.17) is 11.6 Å². The minimum atomic E-state index is -3.79. The Kier molecular flexibility index (Phi) is 8.96. The Hall–Kier alpha value is -2.09. The zero-order valence-electron chi connectivity index (χ0n) is 20.6. The number of nitrogens with zero attached hydrogens (tertiary/aromatic N) is 2. The molecule has 1 amide bonds. The van der Waals surface area contributed by atoms with Crippen LogP contribution < -0.4 is 10.2 Å². The lowest BCUT2D eigenvalue weighted by atomic mass is 9.92. The van der Waals surface area contributed by atoms with Crippen molar-refractivity contribution < 1.29 is 13.2 Å². The Balaban J connectivity index is 2.47. The van der Waals surface area contributed by atoms with Crippen LogP contribution >= 0.6 is 11.6 Å². The van der Waals surface area contributed by atoms with Crippen molar-refractivity contribution in [2.24, 2.45) is 5.41 Å².